The Labute approximate surface area is 181 Å². The van der Waals surface area contributed by atoms with E-state index in [9.17, 15) is 14.7 Å². The maximum absolute atomic E-state index is 13.3. The normalized spacial score (nSPS) is 17.2. The molecular formula is C24H28N4O3. The molecule has 0 spiro atoms. The van der Waals surface area contributed by atoms with Crippen molar-refractivity contribution in [2.75, 3.05) is 19.6 Å². The molecule has 1 N–H and O–H groups in total. The smallest absolute Gasteiger partial charge is 0.407 e. The van der Waals surface area contributed by atoms with E-state index in [0.29, 0.717) is 25.2 Å². The van der Waals surface area contributed by atoms with E-state index in [1.54, 1.807) is 0 Å². The predicted molar refractivity (Wildman–Crippen MR) is 120 cm³/mol. The molecule has 3 aromatic rings. The number of carbonyl (C=O) groups excluding carboxylic acids is 1. The molecule has 2 amide bonds. The highest BCUT2D eigenvalue weighted by molar-refractivity contribution is 5.95. The van der Waals surface area contributed by atoms with Crippen molar-refractivity contribution in [3.8, 4) is 5.69 Å². The van der Waals surface area contributed by atoms with Gasteiger partial charge in [-0.05, 0) is 42.7 Å². The molecule has 0 saturated carbocycles. The van der Waals surface area contributed by atoms with E-state index < -0.39 is 6.09 Å². The van der Waals surface area contributed by atoms with E-state index in [4.69, 9.17) is 0 Å². The maximum atomic E-state index is 13.3. The standard InChI is InChI=1S/C24H28N4O3/c1-16-19-7-5-6-8-20(19)28(25-16)18-11-9-17(10-12-18)22(29)27-14-13-26(23(30)31)15-21(27)24(2,3)4/h5-12,21H,13-15H2,1-4H3,(H,30,31). The van der Waals surface area contributed by atoms with Crippen LogP contribution in [-0.2, 0) is 0 Å². The van der Waals surface area contributed by atoms with Crippen molar-refractivity contribution in [1.29, 1.82) is 0 Å². The van der Waals surface area contributed by atoms with Crippen molar-refractivity contribution in [3.05, 3.63) is 59.8 Å². The summed E-state index contributed by atoms with van der Waals surface area (Å²) in [6.45, 7) is 9.14. The quantitative estimate of drug-likeness (QED) is 0.674. The first kappa shape index (κ1) is 20.9. The monoisotopic (exact) mass is 420 g/mol. The van der Waals surface area contributed by atoms with Gasteiger partial charge >= 0.3 is 6.09 Å². The predicted octanol–water partition coefficient (Wildman–Crippen LogP) is 4.18. The molecule has 2 heterocycles. The molecular weight excluding hydrogens is 392 g/mol. The van der Waals surface area contributed by atoms with Crippen LogP contribution in [-0.4, -0.2) is 62.4 Å². The highest BCUT2D eigenvalue weighted by Crippen LogP contribution is 2.29. The van der Waals surface area contributed by atoms with Gasteiger partial charge < -0.3 is 14.9 Å². The number of aromatic nitrogens is 2. The summed E-state index contributed by atoms with van der Waals surface area (Å²) in [5, 5.41) is 15.2. The van der Waals surface area contributed by atoms with Crippen LogP contribution in [0.3, 0.4) is 0 Å². The van der Waals surface area contributed by atoms with Crippen molar-refractivity contribution in [1.82, 2.24) is 19.6 Å². The number of hydrogen-bond donors (Lipinski definition) is 1. The number of para-hydroxylation sites is 1. The van der Waals surface area contributed by atoms with E-state index in [-0.39, 0.29) is 17.4 Å². The molecule has 1 aliphatic rings. The lowest BCUT2D eigenvalue weighted by Crippen LogP contribution is -2.60. The van der Waals surface area contributed by atoms with Crippen LogP contribution in [0.25, 0.3) is 16.6 Å². The highest BCUT2D eigenvalue weighted by Gasteiger charge is 2.39. The summed E-state index contributed by atoms with van der Waals surface area (Å²) >= 11 is 0. The zero-order valence-corrected chi connectivity index (χ0v) is 18.4. The number of aryl methyl sites for hydroxylation is 1. The molecule has 4 rings (SSSR count). The first-order valence-electron chi connectivity index (χ1n) is 10.5. The lowest BCUT2D eigenvalue weighted by Gasteiger charge is -2.46. The van der Waals surface area contributed by atoms with E-state index in [0.717, 1.165) is 22.3 Å². The number of rotatable bonds is 2. The van der Waals surface area contributed by atoms with Crippen LogP contribution < -0.4 is 0 Å². The second-order valence-electron chi connectivity index (χ2n) is 9.17. The minimum Gasteiger partial charge on any atom is -0.465 e. The van der Waals surface area contributed by atoms with Gasteiger partial charge in [-0.2, -0.15) is 5.10 Å². The van der Waals surface area contributed by atoms with Crippen molar-refractivity contribution in [2.24, 2.45) is 5.41 Å². The third-order valence-corrected chi connectivity index (χ3v) is 6.04. The van der Waals surface area contributed by atoms with Gasteiger partial charge in [0.05, 0.1) is 22.9 Å². The molecule has 0 radical (unpaired) electrons. The van der Waals surface area contributed by atoms with Gasteiger partial charge in [0.1, 0.15) is 0 Å². The Morgan fingerprint density at radius 2 is 1.71 bits per heavy atom. The van der Waals surface area contributed by atoms with E-state index in [2.05, 4.69) is 11.2 Å². The zero-order valence-electron chi connectivity index (χ0n) is 18.4. The first-order chi connectivity index (χ1) is 14.7. The van der Waals surface area contributed by atoms with E-state index >= 15 is 0 Å². The highest BCUT2D eigenvalue weighted by atomic mass is 16.4. The second-order valence-corrected chi connectivity index (χ2v) is 9.17. The van der Waals surface area contributed by atoms with Crippen molar-refractivity contribution < 1.29 is 14.7 Å². The number of benzene rings is 2. The van der Waals surface area contributed by atoms with Crippen LogP contribution in [0.5, 0.6) is 0 Å². The average Bonchev–Trinajstić information content (AvgIpc) is 3.09. The van der Waals surface area contributed by atoms with Gasteiger partial charge in [-0.1, -0.05) is 39.0 Å². The zero-order chi connectivity index (χ0) is 22.3. The summed E-state index contributed by atoms with van der Waals surface area (Å²) in [5.41, 5.74) is 3.23. The molecule has 0 bridgehead atoms. The number of fused-ring (bicyclic) bond motifs is 1. The number of carbonyl (C=O) groups is 2. The minimum atomic E-state index is -0.938. The SMILES string of the molecule is Cc1nn(-c2ccc(C(=O)N3CCN(C(=O)O)CC3C(C)(C)C)cc2)c2ccccc12. The molecule has 1 aromatic heterocycles. The van der Waals surface area contributed by atoms with Gasteiger partial charge in [-0.15, -0.1) is 0 Å². The van der Waals surface area contributed by atoms with Gasteiger partial charge in [0.15, 0.2) is 0 Å². The van der Waals surface area contributed by atoms with Crippen LogP contribution >= 0.6 is 0 Å². The van der Waals surface area contributed by atoms with Gasteiger partial charge in [0.2, 0.25) is 0 Å². The summed E-state index contributed by atoms with van der Waals surface area (Å²) < 4.78 is 1.89. The largest absolute Gasteiger partial charge is 0.465 e. The summed E-state index contributed by atoms with van der Waals surface area (Å²) in [4.78, 5) is 28.0. The summed E-state index contributed by atoms with van der Waals surface area (Å²) in [6, 6.07) is 15.3. The fourth-order valence-corrected chi connectivity index (χ4v) is 4.27. The Kier molecular flexibility index (Phi) is 5.21. The van der Waals surface area contributed by atoms with Crippen LogP contribution in [0.15, 0.2) is 48.5 Å². The number of hydrogen-bond acceptors (Lipinski definition) is 3. The molecule has 2 aromatic carbocycles. The Morgan fingerprint density at radius 3 is 2.35 bits per heavy atom. The van der Waals surface area contributed by atoms with Crippen LogP contribution in [0.1, 0.15) is 36.8 Å². The Morgan fingerprint density at radius 1 is 1.03 bits per heavy atom. The summed E-state index contributed by atoms with van der Waals surface area (Å²) in [6.07, 6.45) is -0.938. The maximum Gasteiger partial charge on any atom is 0.407 e. The van der Waals surface area contributed by atoms with Crippen molar-refractivity contribution in [2.45, 2.75) is 33.7 Å². The van der Waals surface area contributed by atoms with Gasteiger partial charge in [-0.3, -0.25) is 4.79 Å². The lowest BCUT2D eigenvalue weighted by atomic mass is 9.84. The number of amides is 2. The average molecular weight is 421 g/mol. The van der Waals surface area contributed by atoms with Gasteiger partial charge in [-0.25, -0.2) is 9.48 Å². The van der Waals surface area contributed by atoms with Gasteiger partial charge in [0, 0.05) is 30.6 Å². The Hall–Kier alpha value is -3.35. The molecule has 1 aliphatic heterocycles. The molecule has 1 unspecified atom stereocenters. The fourth-order valence-electron chi connectivity index (χ4n) is 4.27. The molecule has 1 fully saturated rings. The fraction of sp³-hybridized carbons (Fsp3) is 0.375. The van der Waals surface area contributed by atoms with Crippen LogP contribution in [0.2, 0.25) is 0 Å². The third kappa shape index (κ3) is 3.87. The molecule has 31 heavy (non-hydrogen) atoms. The van der Waals surface area contributed by atoms with E-state index in [1.807, 2.05) is 79.7 Å². The molecule has 7 nitrogen and oxygen atoms in total. The molecule has 162 valence electrons. The van der Waals surface area contributed by atoms with Crippen LogP contribution in [0.4, 0.5) is 4.79 Å². The first-order valence-corrected chi connectivity index (χ1v) is 10.5. The Bertz CT molecular complexity index is 1130. The summed E-state index contributed by atoms with van der Waals surface area (Å²) in [5.74, 6) is -0.0713. The van der Waals surface area contributed by atoms with Gasteiger partial charge in [0.25, 0.3) is 5.91 Å². The Balaban J connectivity index is 1.61. The number of piperazine rings is 1. The molecule has 7 heteroatoms. The third-order valence-electron chi connectivity index (χ3n) is 6.04. The second kappa shape index (κ2) is 7.72. The lowest BCUT2D eigenvalue weighted by molar-refractivity contribution is 0.0176. The molecule has 1 saturated heterocycles. The minimum absolute atomic E-state index is 0.0713. The van der Waals surface area contributed by atoms with Crippen molar-refractivity contribution in [3.63, 3.8) is 0 Å². The molecule has 1 atom stereocenters. The van der Waals surface area contributed by atoms with Crippen molar-refractivity contribution >= 4 is 22.9 Å². The van der Waals surface area contributed by atoms with E-state index in [1.165, 1.54) is 4.90 Å². The topological polar surface area (TPSA) is 78.7 Å². The summed E-state index contributed by atoms with van der Waals surface area (Å²) in [7, 11) is 0. The molecule has 0 aliphatic carbocycles. The number of nitrogens with zero attached hydrogens (tertiary/aromatic N) is 4. The van der Waals surface area contributed by atoms with Crippen LogP contribution in [0, 0.1) is 12.3 Å². The number of carboxylic acid groups (broad SMARTS) is 1.